The van der Waals surface area contributed by atoms with E-state index in [2.05, 4.69) is 34.6 Å². The summed E-state index contributed by atoms with van der Waals surface area (Å²) in [6.45, 7) is 4.22. The van der Waals surface area contributed by atoms with Gasteiger partial charge in [-0.05, 0) is 24.5 Å². The Morgan fingerprint density at radius 1 is 1.46 bits per heavy atom. The topological polar surface area (TPSA) is 9.23 Å². The fourth-order valence-electron chi connectivity index (χ4n) is 1.39. The van der Waals surface area contributed by atoms with Crippen molar-refractivity contribution in [3.05, 3.63) is 0 Å². The Kier molecular flexibility index (Phi) is 6.51. The van der Waals surface area contributed by atoms with Gasteiger partial charge in [-0.1, -0.05) is 29.3 Å². The number of ether oxygens (including phenoxy) is 1. The first-order chi connectivity index (χ1) is 6.36. The Bertz CT molecular complexity index is 122. The monoisotopic (exact) mass is 266 g/mol. The lowest BCUT2D eigenvalue weighted by molar-refractivity contribution is 0.1000. The maximum absolute atomic E-state index is 5.34. The van der Waals surface area contributed by atoms with Crippen LogP contribution in [0.4, 0.5) is 0 Å². The highest BCUT2D eigenvalue weighted by atomic mass is 79.9. The maximum atomic E-state index is 5.34. The highest BCUT2D eigenvalue weighted by Gasteiger charge is 2.15. The number of hydrogen-bond acceptors (Lipinski definition) is 2. The van der Waals surface area contributed by atoms with E-state index in [0.29, 0.717) is 0 Å². The lowest BCUT2D eigenvalue weighted by Crippen LogP contribution is -2.19. The zero-order chi connectivity index (χ0) is 9.52. The van der Waals surface area contributed by atoms with Crippen molar-refractivity contribution in [1.29, 1.82) is 0 Å². The van der Waals surface area contributed by atoms with Crippen molar-refractivity contribution in [2.24, 2.45) is 5.92 Å². The quantitative estimate of drug-likeness (QED) is 0.707. The average Bonchev–Trinajstić information content (AvgIpc) is 2.21. The summed E-state index contributed by atoms with van der Waals surface area (Å²) >= 11 is 5.71. The molecule has 0 radical (unpaired) electrons. The predicted molar refractivity (Wildman–Crippen MR) is 63.9 cm³/mol. The lowest BCUT2D eigenvalue weighted by Gasteiger charge is -2.23. The van der Waals surface area contributed by atoms with E-state index < -0.39 is 0 Å². The second-order valence-electron chi connectivity index (χ2n) is 3.57. The minimum atomic E-state index is 0.854. The van der Waals surface area contributed by atoms with Crippen LogP contribution in [0.3, 0.4) is 0 Å². The molecule has 1 unspecified atom stereocenters. The van der Waals surface area contributed by atoms with Crippen LogP contribution in [-0.4, -0.2) is 29.5 Å². The van der Waals surface area contributed by atoms with Crippen LogP contribution in [0.25, 0.3) is 0 Å². The molecule has 78 valence electrons. The molecule has 0 aromatic heterocycles. The van der Waals surface area contributed by atoms with Crippen molar-refractivity contribution in [3.8, 4) is 0 Å². The second-order valence-corrected chi connectivity index (χ2v) is 5.55. The van der Waals surface area contributed by atoms with Gasteiger partial charge in [-0.2, -0.15) is 11.8 Å². The molecule has 1 heterocycles. The Morgan fingerprint density at radius 2 is 2.15 bits per heavy atom. The third-order valence-electron chi connectivity index (χ3n) is 2.53. The molecule has 0 aromatic rings. The van der Waals surface area contributed by atoms with Crippen LogP contribution >= 0.6 is 27.7 Å². The Hall–Kier alpha value is 0.790. The molecule has 1 rings (SSSR count). The molecule has 0 amide bonds. The maximum Gasteiger partial charge on any atom is 0.0476 e. The number of alkyl halides is 1. The number of thioether (sulfide) groups is 1. The van der Waals surface area contributed by atoms with Gasteiger partial charge in [0.05, 0.1) is 0 Å². The Morgan fingerprint density at radius 3 is 2.69 bits per heavy atom. The summed E-state index contributed by atoms with van der Waals surface area (Å²) < 4.78 is 5.34. The van der Waals surface area contributed by atoms with Crippen molar-refractivity contribution < 1.29 is 4.74 Å². The zero-order valence-electron chi connectivity index (χ0n) is 8.30. The van der Waals surface area contributed by atoms with Gasteiger partial charge < -0.3 is 4.74 Å². The van der Waals surface area contributed by atoms with Crippen molar-refractivity contribution in [2.75, 3.05) is 24.3 Å². The first kappa shape index (κ1) is 11.9. The van der Waals surface area contributed by atoms with Gasteiger partial charge in [-0.3, -0.25) is 0 Å². The minimum absolute atomic E-state index is 0.854. The van der Waals surface area contributed by atoms with E-state index >= 15 is 0 Å². The van der Waals surface area contributed by atoms with Crippen LogP contribution in [0.1, 0.15) is 26.2 Å². The summed E-state index contributed by atoms with van der Waals surface area (Å²) in [6.07, 6.45) is 3.80. The molecule has 0 aromatic carbocycles. The van der Waals surface area contributed by atoms with Crippen molar-refractivity contribution in [2.45, 2.75) is 31.4 Å². The molecule has 1 saturated heterocycles. The fraction of sp³-hybridized carbons (Fsp3) is 1.00. The second kappa shape index (κ2) is 7.13. The third-order valence-corrected chi connectivity index (χ3v) is 5.05. The zero-order valence-corrected chi connectivity index (χ0v) is 10.7. The van der Waals surface area contributed by atoms with E-state index in [9.17, 15) is 0 Å². The summed E-state index contributed by atoms with van der Waals surface area (Å²) in [5.41, 5.74) is 0. The molecule has 0 bridgehead atoms. The van der Waals surface area contributed by atoms with E-state index in [1.165, 1.54) is 25.0 Å². The summed E-state index contributed by atoms with van der Waals surface area (Å²) in [4.78, 5) is 0. The minimum Gasteiger partial charge on any atom is -0.381 e. The standard InChI is InChI=1S/C10H19BrOS/c1-2-9(7-11)8-13-10-3-5-12-6-4-10/h9-10H,2-8H2,1H3. The molecule has 0 saturated carbocycles. The number of halogens is 1. The van der Waals surface area contributed by atoms with E-state index in [1.54, 1.807) is 0 Å². The molecule has 3 heteroatoms. The van der Waals surface area contributed by atoms with E-state index in [1.807, 2.05) is 0 Å². The van der Waals surface area contributed by atoms with E-state index in [-0.39, 0.29) is 0 Å². The molecule has 1 fully saturated rings. The Balaban J connectivity index is 2.09. The Labute approximate surface area is 94.1 Å². The normalized spacial score (nSPS) is 21.7. The van der Waals surface area contributed by atoms with Crippen LogP contribution in [-0.2, 0) is 4.74 Å². The number of hydrogen-bond donors (Lipinski definition) is 0. The van der Waals surface area contributed by atoms with Gasteiger partial charge in [-0.25, -0.2) is 0 Å². The van der Waals surface area contributed by atoms with Crippen LogP contribution in [0.15, 0.2) is 0 Å². The molecule has 0 spiro atoms. The SMILES string of the molecule is CCC(CBr)CSC1CCOCC1. The molecule has 1 nitrogen and oxygen atoms in total. The average molecular weight is 267 g/mol. The molecule has 13 heavy (non-hydrogen) atoms. The highest BCUT2D eigenvalue weighted by Crippen LogP contribution is 2.25. The molecule has 1 atom stereocenters. The van der Waals surface area contributed by atoms with Crippen LogP contribution in [0.5, 0.6) is 0 Å². The van der Waals surface area contributed by atoms with Gasteiger partial charge in [0.2, 0.25) is 0 Å². The van der Waals surface area contributed by atoms with E-state index in [4.69, 9.17) is 4.74 Å². The van der Waals surface area contributed by atoms with Crippen LogP contribution in [0, 0.1) is 5.92 Å². The van der Waals surface area contributed by atoms with Gasteiger partial charge in [0.15, 0.2) is 0 Å². The lowest BCUT2D eigenvalue weighted by atomic mass is 10.2. The summed E-state index contributed by atoms with van der Waals surface area (Å²) in [7, 11) is 0. The van der Waals surface area contributed by atoms with Gasteiger partial charge in [-0.15, -0.1) is 0 Å². The first-order valence-corrected chi connectivity index (χ1v) is 7.29. The predicted octanol–water partition coefficient (Wildman–Crippen LogP) is 3.32. The molecule has 0 N–H and O–H groups in total. The first-order valence-electron chi connectivity index (χ1n) is 5.12. The van der Waals surface area contributed by atoms with Gasteiger partial charge >= 0.3 is 0 Å². The van der Waals surface area contributed by atoms with Crippen LogP contribution < -0.4 is 0 Å². The van der Waals surface area contributed by atoms with E-state index in [0.717, 1.165) is 29.7 Å². The van der Waals surface area contributed by atoms with Crippen molar-refractivity contribution in [1.82, 2.24) is 0 Å². The molecule has 0 aliphatic carbocycles. The summed E-state index contributed by atoms with van der Waals surface area (Å²) in [5, 5.41) is 2.02. The fourth-order valence-corrected chi connectivity index (χ4v) is 3.80. The van der Waals surface area contributed by atoms with Crippen LogP contribution in [0.2, 0.25) is 0 Å². The van der Waals surface area contributed by atoms with Gasteiger partial charge in [0.1, 0.15) is 0 Å². The molecular formula is C10H19BrOS. The smallest absolute Gasteiger partial charge is 0.0476 e. The van der Waals surface area contributed by atoms with Crippen molar-refractivity contribution >= 4 is 27.7 Å². The summed E-state index contributed by atoms with van der Waals surface area (Å²) in [5.74, 6) is 2.17. The largest absolute Gasteiger partial charge is 0.381 e. The third kappa shape index (κ3) is 4.71. The highest BCUT2D eigenvalue weighted by molar-refractivity contribution is 9.09. The van der Waals surface area contributed by atoms with Crippen molar-refractivity contribution in [3.63, 3.8) is 0 Å². The van der Waals surface area contributed by atoms with Gasteiger partial charge in [0.25, 0.3) is 0 Å². The molecular weight excluding hydrogens is 248 g/mol. The molecule has 1 aliphatic rings. The summed E-state index contributed by atoms with van der Waals surface area (Å²) in [6, 6.07) is 0. The molecule has 1 aliphatic heterocycles. The van der Waals surface area contributed by atoms with Gasteiger partial charge in [0, 0.05) is 23.8 Å². The number of rotatable bonds is 5.